The van der Waals surface area contributed by atoms with E-state index in [1.54, 1.807) is 0 Å². The molecule has 0 heterocycles. The third kappa shape index (κ3) is 2.84. The summed E-state index contributed by atoms with van der Waals surface area (Å²) in [6, 6.07) is 9.05. The molecule has 3 nitrogen and oxygen atoms in total. The van der Waals surface area contributed by atoms with Crippen molar-refractivity contribution in [1.29, 1.82) is 0 Å². The largest absolute Gasteiger partial charge is 0.353 e. The molecule has 2 aliphatic rings. The Kier molecular flexibility index (Phi) is 4.03. The molecule has 1 aromatic carbocycles. The zero-order chi connectivity index (χ0) is 14.9. The van der Waals surface area contributed by atoms with Gasteiger partial charge in [-0.25, -0.2) is 0 Å². The normalized spacial score (nSPS) is 32.3. The molecule has 1 saturated carbocycles. The number of carbonyl (C=O) groups is 1. The summed E-state index contributed by atoms with van der Waals surface area (Å²) in [5, 5.41) is 3.30. The maximum absolute atomic E-state index is 12.9. The van der Waals surface area contributed by atoms with Crippen molar-refractivity contribution >= 4 is 5.91 Å². The molecule has 3 heteroatoms. The molecule has 0 aromatic heterocycles. The van der Waals surface area contributed by atoms with Crippen LogP contribution in [0.15, 0.2) is 24.3 Å². The van der Waals surface area contributed by atoms with Gasteiger partial charge in [-0.05, 0) is 63.0 Å². The van der Waals surface area contributed by atoms with Gasteiger partial charge in [0, 0.05) is 12.1 Å². The smallest absolute Gasteiger partial charge is 0.230 e. The first kappa shape index (κ1) is 14.6. The van der Waals surface area contributed by atoms with Crippen LogP contribution in [0.3, 0.4) is 0 Å². The van der Waals surface area contributed by atoms with E-state index >= 15 is 0 Å². The third-order valence-electron chi connectivity index (χ3n) is 5.34. The number of carbonyl (C=O) groups excluding carboxylic acids is 1. The summed E-state index contributed by atoms with van der Waals surface area (Å²) in [6.45, 7) is 2.11. The van der Waals surface area contributed by atoms with Gasteiger partial charge >= 0.3 is 0 Å². The molecule has 0 spiro atoms. The van der Waals surface area contributed by atoms with E-state index in [4.69, 9.17) is 5.73 Å². The molecule has 1 aromatic rings. The maximum atomic E-state index is 12.9. The lowest BCUT2D eigenvalue weighted by Gasteiger charge is -2.37. The Bertz CT molecular complexity index is 520. The third-order valence-corrected chi connectivity index (χ3v) is 5.34. The van der Waals surface area contributed by atoms with E-state index < -0.39 is 0 Å². The highest BCUT2D eigenvalue weighted by Gasteiger charge is 2.39. The van der Waals surface area contributed by atoms with Crippen LogP contribution in [0.25, 0.3) is 0 Å². The quantitative estimate of drug-likeness (QED) is 0.878. The minimum absolute atomic E-state index is 0.204. The summed E-state index contributed by atoms with van der Waals surface area (Å²) in [5.74, 6) is 0.204. The van der Waals surface area contributed by atoms with Crippen molar-refractivity contribution in [3.63, 3.8) is 0 Å². The first-order chi connectivity index (χ1) is 10.1. The summed E-state index contributed by atoms with van der Waals surface area (Å²) in [5.41, 5.74) is 8.14. The van der Waals surface area contributed by atoms with Gasteiger partial charge in [-0.2, -0.15) is 0 Å². The average Bonchev–Trinajstić information content (AvgIpc) is 2.50. The summed E-state index contributed by atoms with van der Waals surface area (Å²) in [7, 11) is 0. The van der Waals surface area contributed by atoms with Gasteiger partial charge < -0.3 is 11.1 Å². The minimum Gasteiger partial charge on any atom is -0.353 e. The highest BCUT2D eigenvalue weighted by Crippen LogP contribution is 2.37. The fourth-order valence-electron chi connectivity index (χ4n) is 3.89. The van der Waals surface area contributed by atoms with Crippen LogP contribution in [0.5, 0.6) is 0 Å². The highest BCUT2D eigenvalue weighted by molar-refractivity contribution is 5.88. The van der Waals surface area contributed by atoms with Crippen LogP contribution in [0, 0.1) is 0 Å². The zero-order valence-corrected chi connectivity index (χ0v) is 12.9. The van der Waals surface area contributed by atoms with Gasteiger partial charge in [0.1, 0.15) is 0 Å². The Morgan fingerprint density at radius 3 is 2.71 bits per heavy atom. The molecule has 3 rings (SSSR count). The topological polar surface area (TPSA) is 55.1 Å². The fraction of sp³-hybridized carbons (Fsp3) is 0.611. The summed E-state index contributed by atoms with van der Waals surface area (Å²) in [6.07, 6.45) is 7.22. The van der Waals surface area contributed by atoms with Gasteiger partial charge in [-0.3, -0.25) is 4.79 Å². The number of hydrogen-bond donors (Lipinski definition) is 2. The van der Waals surface area contributed by atoms with Crippen molar-refractivity contribution in [3.05, 3.63) is 35.4 Å². The van der Waals surface area contributed by atoms with Gasteiger partial charge in [0.15, 0.2) is 0 Å². The van der Waals surface area contributed by atoms with Crippen LogP contribution in [0.4, 0.5) is 0 Å². The second-order valence-corrected chi connectivity index (χ2v) is 6.93. The van der Waals surface area contributed by atoms with Crippen LogP contribution in [0.1, 0.15) is 56.6 Å². The van der Waals surface area contributed by atoms with Gasteiger partial charge in [0.05, 0.1) is 5.41 Å². The van der Waals surface area contributed by atoms with E-state index in [0.717, 1.165) is 44.9 Å². The number of aryl methyl sites for hydroxylation is 1. The lowest BCUT2D eigenvalue weighted by atomic mass is 9.70. The molecule has 2 aliphatic carbocycles. The molecule has 0 aliphatic heterocycles. The molecule has 114 valence electrons. The summed E-state index contributed by atoms with van der Waals surface area (Å²) in [4.78, 5) is 12.9. The lowest BCUT2D eigenvalue weighted by molar-refractivity contribution is -0.127. The van der Waals surface area contributed by atoms with Crippen molar-refractivity contribution in [2.45, 2.75) is 69.4 Å². The molecule has 1 atom stereocenters. The SMILES string of the molecule is CC1(C(=O)NC2CCC(N)CC2)CCCc2ccccc21. The van der Waals surface area contributed by atoms with E-state index in [1.165, 1.54) is 11.1 Å². The Hall–Kier alpha value is -1.35. The second-order valence-electron chi connectivity index (χ2n) is 6.93. The number of nitrogens with two attached hydrogens (primary N) is 1. The molecule has 0 bridgehead atoms. The zero-order valence-electron chi connectivity index (χ0n) is 12.9. The molecule has 1 unspecified atom stereocenters. The van der Waals surface area contributed by atoms with Crippen molar-refractivity contribution in [1.82, 2.24) is 5.32 Å². The number of rotatable bonds is 2. The maximum Gasteiger partial charge on any atom is 0.230 e. The van der Waals surface area contributed by atoms with E-state index in [2.05, 4.69) is 36.5 Å². The number of hydrogen-bond acceptors (Lipinski definition) is 2. The predicted octanol–water partition coefficient (Wildman–Crippen LogP) is 2.67. The lowest BCUT2D eigenvalue weighted by Crippen LogP contribution is -2.49. The molecule has 0 radical (unpaired) electrons. The first-order valence-corrected chi connectivity index (χ1v) is 8.24. The van der Waals surface area contributed by atoms with E-state index in [1.807, 2.05) is 0 Å². The fourth-order valence-corrected chi connectivity index (χ4v) is 3.89. The second kappa shape index (κ2) is 5.80. The van der Waals surface area contributed by atoms with Gasteiger partial charge in [-0.1, -0.05) is 24.3 Å². The molecule has 3 N–H and O–H groups in total. The van der Waals surface area contributed by atoms with E-state index in [9.17, 15) is 4.79 Å². The van der Waals surface area contributed by atoms with Crippen molar-refractivity contribution in [3.8, 4) is 0 Å². The summed E-state index contributed by atoms with van der Waals surface area (Å²) < 4.78 is 0. The summed E-state index contributed by atoms with van der Waals surface area (Å²) >= 11 is 0. The molecular weight excluding hydrogens is 260 g/mol. The Labute approximate surface area is 127 Å². The first-order valence-electron chi connectivity index (χ1n) is 8.24. The molecule has 21 heavy (non-hydrogen) atoms. The van der Waals surface area contributed by atoms with Crippen LogP contribution in [-0.2, 0) is 16.6 Å². The van der Waals surface area contributed by atoms with Crippen LogP contribution in [-0.4, -0.2) is 18.0 Å². The van der Waals surface area contributed by atoms with Gasteiger partial charge in [0.25, 0.3) is 0 Å². The van der Waals surface area contributed by atoms with Gasteiger partial charge in [0.2, 0.25) is 5.91 Å². The van der Waals surface area contributed by atoms with Gasteiger partial charge in [-0.15, -0.1) is 0 Å². The van der Waals surface area contributed by atoms with E-state index in [0.29, 0.717) is 12.1 Å². The van der Waals surface area contributed by atoms with Crippen molar-refractivity contribution in [2.75, 3.05) is 0 Å². The number of benzene rings is 1. The van der Waals surface area contributed by atoms with E-state index in [-0.39, 0.29) is 11.3 Å². The number of nitrogens with one attached hydrogen (secondary N) is 1. The van der Waals surface area contributed by atoms with Crippen LogP contribution < -0.4 is 11.1 Å². The predicted molar refractivity (Wildman–Crippen MR) is 85.1 cm³/mol. The molecule has 0 saturated heterocycles. The standard InChI is InChI=1S/C18H26N2O/c1-18(12-4-6-13-5-2-3-7-16(13)18)17(21)20-15-10-8-14(19)9-11-15/h2-3,5,7,14-15H,4,6,8-12,19H2,1H3,(H,20,21). The molecule has 1 fully saturated rings. The Balaban J connectivity index is 1.75. The molecule has 1 amide bonds. The Morgan fingerprint density at radius 1 is 1.24 bits per heavy atom. The number of amides is 1. The Morgan fingerprint density at radius 2 is 1.95 bits per heavy atom. The minimum atomic E-state index is -0.367. The van der Waals surface area contributed by atoms with Crippen LogP contribution in [0.2, 0.25) is 0 Å². The van der Waals surface area contributed by atoms with Crippen LogP contribution >= 0.6 is 0 Å². The average molecular weight is 286 g/mol. The highest BCUT2D eigenvalue weighted by atomic mass is 16.2. The van der Waals surface area contributed by atoms with Crippen molar-refractivity contribution < 1.29 is 4.79 Å². The van der Waals surface area contributed by atoms with Crippen molar-refractivity contribution in [2.24, 2.45) is 5.73 Å². The molecular formula is C18H26N2O. The monoisotopic (exact) mass is 286 g/mol. The number of fused-ring (bicyclic) bond motifs is 1.